The van der Waals surface area contributed by atoms with Crippen LogP contribution in [0.2, 0.25) is 0 Å². The van der Waals surface area contributed by atoms with Crippen molar-refractivity contribution in [3.05, 3.63) is 59.9 Å². The van der Waals surface area contributed by atoms with Crippen molar-refractivity contribution in [2.45, 2.75) is 6.61 Å². The van der Waals surface area contributed by atoms with Gasteiger partial charge in [-0.1, -0.05) is 12.1 Å². The van der Waals surface area contributed by atoms with Crippen molar-refractivity contribution < 1.29 is 27.6 Å². The number of carbonyl (C=O) groups is 1. The summed E-state index contributed by atoms with van der Waals surface area (Å²) in [5, 5.41) is 0. The molecule has 1 fully saturated rings. The third-order valence-corrected chi connectivity index (χ3v) is 4.48. The summed E-state index contributed by atoms with van der Waals surface area (Å²) in [6.45, 7) is 0.237. The van der Waals surface area contributed by atoms with E-state index in [1.807, 2.05) is 11.0 Å². The summed E-state index contributed by atoms with van der Waals surface area (Å²) in [5.41, 5.74) is 1.06. The molecule has 7 heteroatoms. The number of quaternary nitrogens is 1. The number of nitrogens with one attached hydrogen (secondary N) is 1. The maximum absolute atomic E-state index is 13.9. The van der Waals surface area contributed by atoms with Crippen molar-refractivity contribution in [3.63, 3.8) is 0 Å². The van der Waals surface area contributed by atoms with Gasteiger partial charge in [0.2, 0.25) is 5.78 Å². The number of Topliss-reactive ketones (excluding diaryl/α,β-unsaturated/α-hetero) is 1. The molecule has 0 radical (unpaired) electrons. The van der Waals surface area contributed by atoms with Crippen molar-refractivity contribution in [3.8, 4) is 5.75 Å². The summed E-state index contributed by atoms with van der Waals surface area (Å²) in [6.07, 6.45) is 0. The number of nitrogens with zero attached hydrogens (tertiary/aromatic N) is 1. The molecule has 0 unspecified atom stereocenters. The van der Waals surface area contributed by atoms with Crippen molar-refractivity contribution in [2.24, 2.45) is 0 Å². The number of alkyl halides is 2. The van der Waals surface area contributed by atoms with Gasteiger partial charge in [-0.25, -0.2) is 4.39 Å². The molecule has 4 nitrogen and oxygen atoms in total. The molecule has 1 aliphatic heterocycles. The van der Waals surface area contributed by atoms with Crippen LogP contribution >= 0.6 is 0 Å². The van der Waals surface area contributed by atoms with Crippen LogP contribution in [-0.2, 0) is 0 Å². The molecule has 3 rings (SSSR count). The van der Waals surface area contributed by atoms with Gasteiger partial charge in [-0.2, -0.15) is 8.78 Å². The lowest BCUT2D eigenvalue weighted by Gasteiger charge is -2.33. The fourth-order valence-electron chi connectivity index (χ4n) is 3.10. The Balaban J connectivity index is 1.52. The van der Waals surface area contributed by atoms with E-state index < -0.39 is 6.61 Å². The third-order valence-electron chi connectivity index (χ3n) is 4.48. The van der Waals surface area contributed by atoms with E-state index >= 15 is 0 Å². The predicted molar refractivity (Wildman–Crippen MR) is 91.6 cm³/mol. The number of ketones is 1. The van der Waals surface area contributed by atoms with Gasteiger partial charge >= 0.3 is 6.61 Å². The number of hydrogen-bond acceptors (Lipinski definition) is 3. The van der Waals surface area contributed by atoms with Crippen LogP contribution in [0.1, 0.15) is 10.4 Å². The second-order valence-corrected chi connectivity index (χ2v) is 6.19. The highest BCUT2D eigenvalue weighted by molar-refractivity contribution is 5.96. The van der Waals surface area contributed by atoms with Gasteiger partial charge in [0.05, 0.1) is 31.9 Å². The van der Waals surface area contributed by atoms with Gasteiger partial charge < -0.3 is 14.5 Å². The molecular formula is C19H20F3N2O2+. The summed E-state index contributed by atoms with van der Waals surface area (Å²) >= 11 is 0. The quantitative estimate of drug-likeness (QED) is 0.796. The minimum absolute atomic E-state index is 0.0300. The second-order valence-electron chi connectivity index (χ2n) is 6.19. The molecule has 26 heavy (non-hydrogen) atoms. The van der Waals surface area contributed by atoms with Gasteiger partial charge in [0.15, 0.2) is 0 Å². The summed E-state index contributed by atoms with van der Waals surface area (Å²) in [5.74, 6) is -0.261. The molecule has 0 aromatic heterocycles. The maximum Gasteiger partial charge on any atom is 0.387 e. The Labute approximate surface area is 149 Å². The Morgan fingerprint density at radius 2 is 1.73 bits per heavy atom. The van der Waals surface area contributed by atoms with Crippen LogP contribution in [0.4, 0.5) is 18.9 Å². The van der Waals surface area contributed by atoms with Crippen molar-refractivity contribution in [1.29, 1.82) is 0 Å². The van der Waals surface area contributed by atoms with Gasteiger partial charge in [-0.05, 0) is 36.4 Å². The number of hydrogen-bond donors (Lipinski definition) is 1. The van der Waals surface area contributed by atoms with E-state index in [-0.39, 0.29) is 17.3 Å². The van der Waals surface area contributed by atoms with E-state index in [0.29, 0.717) is 30.9 Å². The lowest BCUT2D eigenvalue weighted by molar-refractivity contribution is -0.892. The van der Waals surface area contributed by atoms with E-state index in [0.717, 1.165) is 18.0 Å². The molecule has 0 aliphatic carbocycles. The summed E-state index contributed by atoms with van der Waals surface area (Å²) in [7, 11) is 0. The predicted octanol–water partition coefficient (Wildman–Crippen LogP) is 2.01. The molecule has 2 aromatic carbocycles. The number of piperazine rings is 1. The molecule has 0 amide bonds. The van der Waals surface area contributed by atoms with Crippen LogP contribution in [0.5, 0.6) is 5.75 Å². The number of ether oxygens (including phenoxy) is 1. The van der Waals surface area contributed by atoms with Crippen molar-refractivity contribution in [1.82, 2.24) is 0 Å². The Morgan fingerprint density at radius 1 is 1.08 bits per heavy atom. The number of carbonyl (C=O) groups excluding carboxylic acids is 1. The van der Waals surface area contributed by atoms with E-state index in [2.05, 4.69) is 4.74 Å². The second kappa shape index (κ2) is 8.23. The lowest BCUT2D eigenvalue weighted by atomic mass is 10.1. The normalized spacial score (nSPS) is 15.3. The smallest absolute Gasteiger partial charge is 0.387 e. The molecule has 1 heterocycles. The Morgan fingerprint density at radius 3 is 2.35 bits per heavy atom. The van der Waals surface area contributed by atoms with E-state index in [4.69, 9.17) is 0 Å². The fourth-order valence-corrected chi connectivity index (χ4v) is 3.10. The van der Waals surface area contributed by atoms with Gasteiger partial charge in [0, 0.05) is 5.56 Å². The first-order chi connectivity index (χ1) is 12.5. The first-order valence-electron chi connectivity index (χ1n) is 8.44. The van der Waals surface area contributed by atoms with Crippen molar-refractivity contribution >= 4 is 11.5 Å². The Bertz CT molecular complexity index is 745. The fraction of sp³-hybridized carbons (Fsp3) is 0.316. The summed E-state index contributed by atoms with van der Waals surface area (Å²) in [6, 6.07) is 12.4. The first-order valence-corrected chi connectivity index (χ1v) is 8.44. The highest BCUT2D eigenvalue weighted by Crippen LogP contribution is 2.18. The average Bonchev–Trinajstić information content (AvgIpc) is 2.63. The SMILES string of the molecule is O=C(C[NH+]1CCN(c2ccccc2F)CC1)c1ccc(OC(F)F)cc1. The third kappa shape index (κ3) is 4.54. The van der Waals surface area contributed by atoms with Crippen LogP contribution in [0.15, 0.2) is 48.5 Å². The first kappa shape index (κ1) is 18.3. The highest BCUT2D eigenvalue weighted by atomic mass is 19.3. The molecule has 0 atom stereocenters. The van der Waals surface area contributed by atoms with Gasteiger partial charge in [-0.3, -0.25) is 4.79 Å². The lowest BCUT2D eigenvalue weighted by Crippen LogP contribution is -3.15. The Hall–Kier alpha value is -2.54. The van der Waals surface area contributed by atoms with Crippen LogP contribution in [0.3, 0.4) is 0 Å². The summed E-state index contributed by atoms with van der Waals surface area (Å²) in [4.78, 5) is 15.5. The number of para-hydroxylation sites is 1. The number of benzene rings is 2. The molecule has 138 valence electrons. The molecule has 1 N–H and O–H groups in total. The van der Waals surface area contributed by atoms with E-state index in [1.54, 1.807) is 12.1 Å². The molecule has 0 spiro atoms. The molecular weight excluding hydrogens is 345 g/mol. The van der Waals surface area contributed by atoms with Gasteiger partial charge in [0.1, 0.15) is 18.1 Å². The number of anilines is 1. The molecule has 0 bridgehead atoms. The zero-order valence-corrected chi connectivity index (χ0v) is 14.1. The molecule has 1 saturated heterocycles. The standard InChI is InChI=1S/C19H19F3N2O2/c20-16-3-1-2-4-17(16)24-11-9-23(10-12-24)13-18(25)14-5-7-15(8-6-14)26-19(21)22/h1-8,19H,9-13H2/p+1. The molecule has 0 saturated carbocycles. The van der Waals surface area contributed by atoms with Gasteiger partial charge in [-0.15, -0.1) is 0 Å². The minimum atomic E-state index is -2.88. The van der Waals surface area contributed by atoms with Crippen LogP contribution in [0.25, 0.3) is 0 Å². The molecule has 1 aliphatic rings. The van der Waals surface area contributed by atoms with Crippen LogP contribution in [-0.4, -0.2) is 45.1 Å². The summed E-state index contributed by atoms with van der Waals surface area (Å²) < 4.78 is 42.4. The Kier molecular flexibility index (Phi) is 5.78. The van der Waals surface area contributed by atoms with Crippen LogP contribution < -0.4 is 14.5 Å². The topological polar surface area (TPSA) is 34.0 Å². The maximum atomic E-state index is 13.9. The van der Waals surface area contributed by atoms with E-state index in [1.165, 1.54) is 30.3 Å². The zero-order chi connectivity index (χ0) is 18.5. The zero-order valence-electron chi connectivity index (χ0n) is 14.1. The number of rotatable bonds is 6. The van der Waals surface area contributed by atoms with Crippen molar-refractivity contribution in [2.75, 3.05) is 37.6 Å². The monoisotopic (exact) mass is 365 g/mol. The van der Waals surface area contributed by atoms with E-state index in [9.17, 15) is 18.0 Å². The van der Waals surface area contributed by atoms with Gasteiger partial charge in [0.25, 0.3) is 0 Å². The average molecular weight is 365 g/mol. The molecule has 2 aromatic rings. The minimum Gasteiger partial charge on any atom is -0.435 e. The highest BCUT2D eigenvalue weighted by Gasteiger charge is 2.24. The van der Waals surface area contributed by atoms with Crippen LogP contribution in [0, 0.1) is 5.82 Å². The number of halogens is 3. The largest absolute Gasteiger partial charge is 0.435 e.